The van der Waals surface area contributed by atoms with Crippen LogP contribution in [-0.2, 0) is 6.42 Å². The van der Waals surface area contributed by atoms with Crippen molar-refractivity contribution in [2.24, 2.45) is 4.99 Å². The van der Waals surface area contributed by atoms with E-state index in [1.165, 1.54) is 5.56 Å². The molecule has 0 aliphatic carbocycles. The topological polar surface area (TPSA) is 58.1 Å². The molecule has 1 rings (SSSR count). The van der Waals surface area contributed by atoms with Crippen molar-refractivity contribution in [1.29, 1.82) is 0 Å². The van der Waals surface area contributed by atoms with Crippen molar-refractivity contribution in [3.8, 4) is 11.5 Å². The fraction of sp³-hybridized carbons (Fsp3) is 0.632. The molecule has 0 aliphatic heterocycles. The average Bonchev–Trinajstić information content (AvgIpc) is 2.63. The van der Waals surface area contributed by atoms with Crippen LogP contribution in [0.5, 0.6) is 11.5 Å². The highest BCUT2D eigenvalue weighted by Gasteiger charge is 2.05. The summed E-state index contributed by atoms with van der Waals surface area (Å²) in [4.78, 5) is 6.52. The Balaban J connectivity index is 0.00000625. The SMILES string of the molecule is CCOc1cc(CCCNC(=NC)NCCN(C)CC)ccc1OC.I. The van der Waals surface area contributed by atoms with Gasteiger partial charge in [-0.3, -0.25) is 4.99 Å². The molecule has 2 N–H and O–H groups in total. The monoisotopic (exact) mass is 478 g/mol. The summed E-state index contributed by atoms with van der Waals surface area (Å²) in [6, 6.07) is 6.13. The largest absolute Gasteiger partial charge is 0.493 e. The highest BCUT2D eigenvalue weighted by molar-refractivity contribution is 14.0. The zero-order valence-electron chi connectivity index (χ0n) is 16.8. The first kappa shape index (κ1) is 24.8. The molecule has 0 spiro atoms. The lowest BCUT2D eigenvalue weighted by atomic mass is 10.1. The van der Waals surface area contributed by atoms with Gasteiger partial charge < -0.3 is 25.0 Å². The first-order chi connectivity index (χ1) is 12.1. The maximum absolute atomic E-state index is 5.63. The molecule has 26 heavy (non-hydrogen) atoms. The summed E-state index contributed by atoms with van der Waals surface area (Å²) in [6.07, 6.45) is 2.00. The van der Waals surface area contributed by atoms with Crippen molar-refractivity contribution in [3.63, 3.8) is 0 Å². The van der Waals surface area contributed by atoms with Gasteiger partial charge >= 0.3 is 0 Å². The van der Waals surface area contributed by atoms with Gasteiger partial charge in [-0.2, -0.15) is 0 Å². The number of aliphatic imine (C=N–C) groups is 1. The van der Waals surface area contributed by atoms with Gasteiger partial charge in [0.25, 0.3) is 0 Å². The third-order valence-electron chi connectivity index (χ3n) is 4.01. The minimum atomic E-state index is 0. The number of methoxy groups -OCH3 is 1. The number of guanidine groups is 1. The summed E-state index contributed by atoms with van der Waals surface area (Å²) in [6.45, 7) is 8.59. The number of likely N-dealkylation sites (N-methyl/N-ethyl adjacent to an activating group) is 1. The second kappa shape index (κ2) is 14.9. The number of halogens is 1. The zero-order valence-corrected chi connectivity index (χ0v) is 19.1. The number of rotatable bonds is 11. The first-order valence-electron chi connectivity index (χ1n) is 9.07. The molecular formula is C19H35IN4O2. The number of ether oxygens (including phenoxy) is 2. The minimum Gasteiger partial charge on any atom is -0.493 e. The summed E-state index contributed by atoms with van der Waals surface area (Å²) in [7, 11) is 5.58. The number of benzene rings is 1. The lowest BCUT2D eigenvalue weighted by Crippen LogP contribution is -2.41. The van der Waals surface area contributed by atoms with Crippen LogP contribution in [0.4, 0.5) is 0 Å². The van der Waals surface area contributed by atoms with Gasteiger partial charge in [-0.05, 0) is 51.1 Å². The van der Waals surface area contributed by atoms with Crippen LogP contribution in [0.1, 0.15) is 25.8 Å². The van der Waals surface area contributed by atoms with Crippen LogP contribution in [0, 0.1) is 0 Å². The molecule has 0 heterocycles. The molecule has 0 radical (unpaired) electrons. The third-order valence-corrected chi connectivity index (χ3v) is 4.01. The Hall–Kier alpha value is -1.22. The Morgan fingerprint density at radius 1 is 1.15 bits per heavy atom. The highest BCUT2D eigenvalue weighted by Crippen LogP contribution is 2.28. The summed E-state index contributed by atoms with van der Waals surface area (Å²) in [5, 5.41) is 6.69. The van der Waals surface area contributed by atoms with Gasteiger partial charge in [0.1, 0.15) is 0 Å². The number of hydrogen-bond acceptors (Lipinski definition) is 4. The molecule has 0 fully saturated rings. The van der Waals surface area contributed by atoms with Crippen LogP contribution in [0.15, 0.2) is 23.2 Å². The van der Waals surface area contributed by atoms with Crippen molar-refractivity contribution in [3.05, 3.63) is 23.8 Å². The van der Waals surface area contributed by atoms with Crippen molar-refractivity contribution >= 4 is 29.9 Å². The second-order valence-electron chi connectivity index (χ2n) is 5.84. The Kier molecular flexibility index (Phi) is 14.2. The Morgan fingerprint density at radius 2 is 1.88 bits per heavy atom. The van der Waals surface area contributed by atoms with Gasteiger partial charge in [0.15, 0.2) is 17.5 Å². The number of nitrogens with zero attached hydrogens (tertiary/aromatic N) is 2. The van der Waals surface area contributed by atoms with E-state index in [2.05, 4.69) is 46.6 Å². The first-order valence-corrected chi connectivity index (χ1v) is 9.07. The van der Waals surface area contributed by atoms with E-state index in [1.807, 2.05) is 13.0 Å². The minimum absolute atomic E-state index is 0. The normalized spacial score (nSPS) is 11.1. The molecule has 150 valence electrons. The van der Waals surface area contributed by atoms with Crippen LogP contribution >= 0.6 is 24.0 Å². The van der Waals surface area contributed by atoms with Gasteiger partial charge in [-0.25, -0.2) is 0 Å². The smallest absolute Gasteiger partial charge is 0.191 e. The summed E-state index contributed by atoms with van der Waals surface area (Å²) in [5.41, 5.74) is 1.25. The lowest BCUT2D eigenvalue weighted by Gasteiger charge is -2.16. The number of nitrogens with one attached hydrogen (secondary N) is 2. The molecule has 0 saturated carbocycles. The molecular weight excluding hydrogens is 443 g/mol. The Morgan fingerprint density at radius 3 is 2.50 bits per heavy atom. The molecule has 1 aromatic carbocycles. The quantitative estimate of drug-likeness (QED) is 0.222. The predicted octanol–water partition coefficient (Wildman–Crippen LogP) is 2.76. The predicted molar refractivity (Wildman–Crippen MR) is 120 cm³/mol. The molecule has 0 bridgehead atoms. The van der Waals surface area contributed by atoms with Crippen molar-refractivity contribution < 1.29 is 9.47 Å². The maximum Gasteiger partial charge on any atom is 0.191 e. The van der Waals surface area contributed by atoms with Crippen molar-refractivity contribution in [2.75, 3.05) is 54.0 Å². The van der Waals surface area contributed by atoms with Gasteiger partial charge in [-0.15, -0.1) is 24.0 Å². The molecule has 0 aliphatic rings. The Labute approximate surface area is 175 Å². The molecule has 0 saturated heterocycles. The van der Waals surface area contributed by atoms with E-state index in [0.717, 1.165) is 56.5 Å². The fourth-order valence-corrected chi connectivity index (χ4v) is 2.39. The standard InChI is InChI=1S/C19H34N4O2.HI/c1-6-23(4)14-13-22-19(20-3)21-12-8-9-16-10-11-17(24-5)18(15-16)25-7-2;/h10-11,15H,6-9,12-14H2,1-5H3,(H2,20,21,22);1H. The summed E-state index contributed by atoms with van der Waals surface area (Å²) < 4.78 is 11.0. The van der Waals surface area contributed by atoms with E-state index in [0.29, 0.717) is 6.61 Å². The van der Waals surface area contributed by atoms with Crippen LogP contribution in [0.3, 0.4) is 0 Å². The van der Waals surface area contributed by atoms with E-state index in [1.54, 1.807) is 14.2 Å². The molecule has 6 nitrogen and oxygen atoms in total. The van der Waals surface area contributed by atoms with E-state index in [9.17, 15) is 0 Å². The van der Waals surface area contributed by atoms with Crippen LogP contribution in [0.2, 0.25) is 0 Å². The van der Waals surface area contributed by atoms with Crippen molar-refractivity contribution in [1.82, 2.24) is 15.5 Å². The van der Waals surface area contributed by atoms with Gasteiger partial charge in [-0.1, -0.05) is 13.0 Å². The van der Waals surface area contributed by atoms with Gasteiger partial charge in [0.2, 0.25) is 0 Å². The summed E-state index contributed by atoms with van der Waals surface area (Å²) in [5.74, 6) is 2.45. The molecule has 0 unspecified atom stereocenters. The van der Waals surface area contributed by atoms with Crippen LogP contribution in [-0.4, -0.2) is 64.9 Å². The van der Waals surface area contributed by atoms with E-state index in [4.69, 9.17) is 9.47 Å². The van der Waals surface area contributed by atoms with Gasteiger partial charge in [0, 0.05) is 26.7 Å². The third kappa shape index (κ3) is 9.47. The van der Waals surface area contributed by atoms with E-state index < -0.39 is 0 Å². The summed E-state index contributed by atoms with van der Waals surface area (Å²) >= 11 is 0. The van der Waals surface area contributed by atoms with E-state index in [-0.39, 0.29) is 24.0 Å². The molecule has 7 heteroatoms. The number of hydrogen-bond donors (Lipinski definition) is 2. The second-order valence-corrected chi connectivity index (χ2v) is 5.84. The van der Waals surface area contributed by atoms with E-state index >= 15 is 0 Å². The molecule has 0 aromatic heterocycles. The Bertz CT molecular complexity index is 526. The molecule has 0 atom stereocenters. The zero-order chi connectivity index (χ0) is 18.5. The number of aryl methyl sites for hydroxylation is 1. The molecule has 0 amide bonds. The van der Waals surface area contributed by atoms with Crippen LogP contribution in [0.25, 0.3) is 0 Å². The highest BCUT2D eigenvalue weighted by atomic mass is 127. The molecule has 1 aromatic rings. The fourth-order valence-electron chi connectivity index (χ4n) is 2.39. The van der Waals surface area contributed by atoms with Crippen molar-refractivity contribution in [2.45, 2.75) is 26.7 Å². The van der Waals surface area contributed by atoms with Gasteiger partial charge in [0.05, 0.1) is 13.7 Å². The average molecular weight is 478 g/mol. The van der Waals surface area contributed by atoms with Crippen LogP contribution < -0.4 is 20.1 Å². The lowest BCUT2D eigenvalue weighted by molar-refractivity contribution is 0.310. The maximum atomic E-state index is 5.63.